The summed E-state index contributed by atoms with van der Waals surface area (Å²) in [5.41, 5.74) is 1.38. The van der Waals surface area contributed by atoms with Crippen LogP contribution < -0.4 is 10.3 Å². The first-order valence-electron chi connectivity index (χ1n) is 8.51. The van der Waals surface area contributed by atoms with Crippen LogP contribution in [0.4, 0.5) is 0 Å². The second-order valence-corrected chi connectivity index (χ2v) is 5.78. The van der Waals surface area contributed by atoms with E-state index in [0.29, 0.717) is 10.9 Å². The number of hydrogen-bond donors (Lipinski definition) is 0. The number of ether oxygens (including phenoxy) is 1. The lowest BCUT2D eigenvalue weighted by Gasteiger charge is -2.05. The molecule has 0 unspecified atom stereocenters. The molecule has 0 bridgehead atoms. The summed E-state index contributed by atoms with van der Waals surface area (Å²) in [7, 11) is 0. The number of rotatable bonds is 7. The minimum Gasteiger partial charge on any atom is -0.494 e. The van der Waals surface area contributed by atoms with E-state index in [1.165, 1.54) is 23.8 Å². The Bertz CT molecular complexity index is 914. The summed E-state index contributed by atoms with van der Waals surface area (Å²) in [5.74, 6) is 0.845. The molecule has 0 aliphatic rings. The molecule has 2 aromatic carbocycles. The monoisotopic (exact) mass is 335 g/mol. The van der Waals surface area contributed by atoms with Gasteiger partial charge in [-0.2, -0.15) is 9.78 Å². The lowest BCUT2D eigenvalue weighted by molar-refractivity contribution is 0.306. The number of benzene rings is 2. The van der Waals surface area contributed by atoms with Crippen LogP contribution in [0.1, 0.15) is 31.7 Å². The van der Waals surface area contributed by atoms with Gasteiger partial charge in [0.15, 0.2) is 0 Å². The zero-order valence-electron chi connectivity index (χ0n) is 14.3. The van der Waals surface area contributed by atoms with Crippen LogP contribution in [0, 0.1) is 0 Å². The van der Waals surface area contributed by atoms with Gasteiger partial charge in [-0.05, 0) is 48.4 Å². The second-order valence-electron chi connectivity index (χ2n) is 5.78. The molecule has 3 aromatic rings. The van der Waals surface area contributed by atoms with Gasteiger partial charge >= 0.3 is 0 Å². The summed E-state index contributed by atoms with van der Waals surface area (Å²) >= 11 is 0. The van der Waals surface area contributed by atoms with Crippen LogP contribution in [-0.4, -0.2) is 22.5 Å². The summed E-state index contributed by atoms with van der Waals surface area (Å²) in [6.45, 7) is 2.91. The zero-order chi connectivity index (χ0) is 17.5. The van der Waals surface area contributed by atoms with Crippen molar-refractivity contribution in [2.75, 3.05) is 6.61 Å². The zero-order valence-corrected chi connectivity index (χ0v) is 14.3. The van der Waals surface area contributed by atoms with Crippen molar-refractivity contribution < 1.29 is 4.74 Å². The van der Waals surface area contributed by atoms with Gasteiger partial charge in [0.1, 0.15) is 12.1 Å². The van der Waals surface area contributed by atoms with E-state index in [1.54, 1.807) is 12.3 Å². The van der Waals surface area contributed by atoms with Crippen LogP contribution in [-0.2, 0) is 0 Å². The highest BCUT2D eigenvalue weighted by atomic mass is 16.5. The molecule has 5 nitrogen and oxygen atoms in total. The molecule has 3 rings (SSSR count). The van der Waals surface area contributed by atoms with E-state index in [0.717, 1.165) is 24.3 Å². The summed E-state index contributed by atoms with van der Waals surface area (Å²) in [6, 6.07) is 14.9. The molecule has 0 amide bonds. The Morgan fingerprint density at radius 3 is 2.72 bits per heavy atom. The average molecular weight is 335 g/mol. The van der Waals surface area contributed by atoms with E-state index in [9.17, 15) is 4.79 Å². The number of aromatic nitrogens is 2. The first-order valence-corrected chi connectivity index (χ1v) is 8.51. The maximum absolute atomic E-state index is 12.4. The molecule has 0 saturated carbocycles. The Balaban J connectivity index is 1.70. The Morgan fingerprint density at radius 1 is 1.12 bits per heavy atom. The molecule has 0 saturated heterocycles. The molecule has 1 aromatic heterocycles. The highest BCUT2D eigenvalue weighted by molar-refractivity contribution is 5.80. The molecule has 1 heterocycles. The van der Waals surface area contributed by atoms with Gasteiger partial charge in [0.2, 0.25) is 0 Å². The van der Waals surface area contributed by atoms with E-state index in [-0.39, 0.29) is 5.56 Å². The van der Waals surface area contributed by atoms with Crippen molar-refractivity contribution in [3.05, 3.63) is 70.8 Å². The molecule has 0 spiro atoms. The Hall–Kier alpha value is -2.95. The SMILES string of the molecule is CCCCCOc1ccc(/C=N/n2cnc3ccccc3c2=O)cc1. The van der Waals surface area contributed by atoms with Crippen LogP contribution in [0.5, 0.6) is 5.75 Å². The van der Waals surface area contributed by atoms with Crippen molar-refractivity contribution in [1.29, 1.82) is 0 Å². The molecule has 0 atom stereocenters. The molecule has 0 aliphatic carbocycles. The molecule has 5 heteroatoms. The van der Waals surface area contributed by atoms with Crippen LogP contribution in [0.2, 0.25) is 0 Å². The predicted octanol–water partition coefficient (Wildman–Crippen LogP) is 3.85. The highest BCUT2D eigenvalue weighted by Gasteiger charge is 2.01. The highest BCUT2D eigenvalue weighted by Crippen LogP contribution is 2.12. The van der Waals surface area contributed by atoms with Gasteiger partial charge < -0.3 is 4.74 Å². The lowest BCUT2D eigenvalue weighted by Crippen LogP contribution is -2.16. The average Bonchev–Trinajstić information content (AvgIpc) is 2.66. The minimum absolute atomic E-state index is 0.183. The summed E-state index contributed by atoms with van der Waals surface area (Å²) < 4.78 is 6.93. The topological polar surface area (TPSA) is 56.5 Å². The molecule has 25 heavy (non-hydrogen) atoms. The fourth-order valence-corrected chi connectivity index (χ4v) is 2.46. The third-order valence-electron chi connectivity index (χ3n) is 3.88. The van der Waals surface area contributed by atoms with E-state index < -0.39 is 0 Å². The van der Waals surface area contributed by atoms with Crippen molar-refractivity contribution in [1.82, 2.24) is 9.66 Å². The van der Waals surface area contributed by atoms with E-state index in [4.69, 9.17) is 4.74 Å². The summed E-state index contributed by atoms with van der Waals surface area (Å²) in [4.78, 5) is 16.6. The van der Waals surface area contributed by atoms with Crippen LogP contribution >= 0.6 is 0 Å². The fraction of sp³-hybridized carbons (Fsp3) is 0.250. The van der Waals surface area contributed by atoms with Gasteiger partial charge in [0, 0.05) is 0 Å². The number of para-hydroxylation sites is 1. The van der Waals surface area contributed by atoms with E-state index in [1.807, 2.05) is 42.5 Å². The molecule has 0 radical (unpaired) electrons. The van der Waals surface area contributed by atoms with Gasteiger partial charge in [-0.3, -0.25) is 4.79 Å². The Kier molecular flexibility index (Phi) is 5.57. The van der Waals surface area contributed by atoms with Gasteiger partial charge in [0.05, 0.1) is 23.7 Å². The van der Waals surface area contributed by atoms with E-state index >= 15 is 0 Å². The first-order chi connectivity index (χ1) is 12.3. The molecule has 0 fully saturated rings. The van der Waals surface area contributed by atoms with Crippen molar-refractivity contribution >= 4 is 17.1 Å². The Morgan fingerprint density at radius 2 is 1.92 bits per heavy atom. The molecular weight excluding hydrogens is 314 g/mol. The second kappa shape index (κ2) is 8.24. The largest absolute Gasteiger partial charge is 0.494 e. The standard InChI is InChI=1S/C20H21N3O2/c1-2-3-6-13-25-17-11-9-16(10-12-17)14-22-23-15-21-19-8-5-4-7-18(19)20(23)24/h4-5,7-12,14-15H,2-3,6,13H2,1H3/b22-14+. The summed E-state index contributed by atoms with van der Waals surface area (Å²) in [5, 5.41) is 4.77. The van der Waals surface area contributed by atoms with Crippen LogP contribution in [0.25, 0.3) is 10.9 Å². The number of unbranched alkanes of at least 4 members (excludes halogenated alkanes) is 2. The van der Waals surface area contributed by atoms with Crippen molar-refractivity contribution in [2.24, 2.45) is 5.10 Å². The lowest BCUT2D eigenvalue weighted by atomic mass is 10.2. The van der Waals surface area contributed by atoms with Crippen molar-refractivity contribution in [2.45, 2.75) is 26.2 Å². The maximum atomic E-state index is 12.4. The van der Waals surface area contributed by atoms with Gasteiger partial charge in [0.25, 0.3) is 5.56 Å². The summed E-state index contributed by atoms with van der Waals surface area (Å²) in [6.07, 6.45) is 6.50. The molecule has 0 aliphatic heterocycles. The quantitative estimate of drug-likeness (QED) is 0.487. The van der Waals surface area contributed by atoms with Crippen LogP contribution in [0.15, 0.2) is 64.8 Å². The number of hydrogen-bond acceptors (Lipinski definition) is 4. The third kappa shape index (κ3) is 4.32. The number of fused-ring (bicyclic) bond motifs is 1. The van der Waals surface area contributed by atoms with Crippen molar-refractivity contribution in [3.8, 4) is 5.75 Å². The normalized spacial score (nSPS) is 11.2. The van der Waals surface area contributed by atoms with Crippen LogP contribution in [0.3, 0.4) is 0 Å². The molecule has 128 valence electrons. The van der Waals surface area contributed by atoms with Crippen molar-refractivity contribution in [3.63, 3.8) is 0 Å². The number of nitrogens with zero attached hydrogens (tertiary/aromatic N) is 3. The van der Waals surface area contributed by atoms with Gasteiger partial charge in [-0.1, -0.05) is 31.9 Å². The van der Waals surface area contributed by atoms with Gasteiger partial charge in [-0.25, -0.2) is 4.98 Å². The molecule has 0 N–H and O–H groups in total. The predicted molar refractivity (Wildman–Crippen MR) is 100 cm³/mol. The Labute approximate surface area is 146 Å². The van der Waals surface area contributed by atoms with E-state index in [2.05, 4.69) is 17.0 Å². The first kappa shape index (κ1) is 16.9. The van der Waals surface area contributed by atoms with Gasteiger partial charge in [-0.15, -0.1) is 0 Å². The third-order valence-corrected chi connectivity index (χ3v) is 3.88. The smallest absolute Gasteiger partial charge is 0.281 e. The fourth-order valence-electron chi connectivity index (χ4n) is 2.46. The molecular formula is C20H21N3O2. The minimum atomic E-state index is -0.183. The maximum Gasteiger partial charge on any atom is 0.281 e.